The summed E-state index contributed by atoms with van der Waals surface area (Å²) < 4.78 is 2.03. The summed E-state index contributed by atoms with van der Waals surface area (Å²) in [5, 5.41) is 6.41. The van der Waals surface area contributed by atoms with E-state index in [0.717, 1.165) is 39.0 Å². The average molecular weight is 264 g/mol. The van der Waals surface area contributed by atoms with Gasteiger partial charge in [-0.15, -0.1) is 0 Å². The maximum Gasteiger partial charge on any atom is 0.227 e. The zero-order valence-corrected chi connectivity index (χ0v) is 11.9. The zero-order valence-electron chi connectivity index (χ0n) is 11.9. The fraction of sp³-hybridized carbons (Fsp3) is 0.714. The van der Waals surface area contributed by atoms with Crippen LogP contribution < -0.4 is 10.6 Å². The maximum atomic E-state index is 12.4. The van der Waals surface area contributed by atoms with Crippen LogP contribution in [0.1, 0.15) is 26.7 Å². The summed E-state index contributed by atoms with van der Waals surface area (Å²) >= 11 is 0. The lowest BCUT2D eigenvalue weighted by atomic mass is 9.75. The van der Waals surface area contributed by atoms with Gasteiger partial charge in [-0.3, -0.25) is 4.79 Å². The van der Waals surface area contributed by atoms with E-state index < -0.39 is 0 Å². The molecule has 1 aromatic heterocycles. The monoisotopic (exact) mass is 264 g/mol. The van der Waals surface area contributed by atoms with Crippen LogP contribution in [0.2, 0.25) is 0 Å². The van der Waals surface area contributed by atoms with Crippen LogP contribution in [0.4, 0.5) is 0 Å². The second kappa shape index (κ2) is 6.19. The lowest BCUT2D eigenvalue weighted by molar-refractivity contribution is -0.132. The molecule has 2 heterocycles. The Kier molecular flexibility index (Phi) is 4.58. The third-order valence-electron chi connectivity index (χ3n) is 4.18. The van der Waals surface area contributed by atoms with Crippen LogP contribution in [0.3, 0.4) is 0 Å². The van der Waals surface area contributed by atoms with E-state index in [1.807, 2.05) is 10.8 Å². The molecule has 0 saturated carbocycles. The summed E-state index contributed by atoms with van der Waals surface area (Å²) in [6.07, 6.45) is 7.40. The van der Waals surface area contributed by atoms with Gasteiger partial charge in [0.2, 0.25) is 5.91 Å². The van der Waals surface area contributed by atoms with E-state index in [9.17, 15) is 4.79 Å². The van der Waals surface area contributed by atoms with Crippen molar-refractivity contribution in [3.63, 3.8) is 0 Å². The van der Waals surface area contributed by atoms with Crippen LogP contribution >= 0.6 is 0 Å². The predicted molar refractivity (Wildman–Crippen MR) is 74.6 cm³/mol. The molecule has 0 aliphatic carbocycles. The first-order valence-electron chi connectivity index (χ1n) is 7.10. The van der Waals surface area contributed by atoms with Crippen molar-refractivity contribution in [3.8, 4) is 0 Å². The van der Waals surface area contributed by atoms with Crippen molar-refractivity contribution in [1.82, 2.24) is 20.2 Å². The number of hydrogen-bond acceptors (Lipinski definition) is 3. The molecule has 0 aromatic carbocycles. The van der Waals surface area contributed by atoms with Crippen molar-refractivity contribution in [2.24, 2.45) is 11.3 Å². The fourth-order valence-electron chi connectivity index (χ4n) is 2.72. The molecule has 0 spiro atoms. The molecule has 1 aliphatic heterocycles. The smallest absolute Gasteiger partial charge is 0.227 e. The van der Waals surface area contributed by atoms with Gasteiger partial charge in [0.1, 0.15) is 0 Å². The summed E-state index contributed by atoms with van der Waals surface area (Å²) in [7, 11) is 0. The van der Waals surface area contributed by atoms with E-state index >= 15 is 0 Å². The molecule has 0 bridgehead atoms. The number of imidazole rings is 1. The van der Waals surface area contributed by atoms with E-state index in [0.29, 0.717) is 5.92 Å². The lowest BCUT2D eigenvalue weighted by Gasteiger charge is -2.31. The fourth-order valence-corrected chi connectivity index (χ4v) is 2.72. The molecule has 1 atom stereocenters. The number of nitrogens with one attached hydrogen (secondary N) is 2. The summed E-state index contributed by atoms with van der Waals surface area (Å²) in [6.45, 7) is 7.65. The summed E-state index contributed by atoms with van der Waals surface area (Å²) in [5.41, 5.74) is -0.213. The van der Waals surface area contributed by atoms with E-state index in [1.165, 1.54) is 0 Å². The quantitative estimate of drug-likeness (QED) is 0.754. The molecular formula is C14H24N4O. The lowest BCUT2D eigenvalue weighted by Crippen LogP contribution is -2.46. The van der Waals surface area contributed by atoms with Gasteiger partial charge in [0, 0.05) is 32.0 Å². The third kappa shape index (κ3) is 3.15. The third-order valence-corrected chi connectivity index (χ3v) is 4.18. The normalized spacial score (nSPS) is 22.9. The van der Waals surface area contributed by atoms with Crippen LogP contribution in [0.25, 0.3) is 0 Å². The van der Waals surface area contributed by atoms with Gasteiger partial charge in [0.15, 0.2) is 0 Å². The van der Waals surface area contributed by atoms with Crippen LogP contribution in [0, 0.1) is 11.3 Å². The molecule has 106 valence electrons. The Labute approximate surface area is 114 Å². The molecule has 1 amide bonds. The van der Waals surface area contributed by atoms with Crippen molar-refractivity contribution < 1.29 is 4.79 Å². The standard InChI is InChI=1S/C14H24N4O/c1-12(2)14(4-6-15-10-14)13(19)17-5-3-8-18-9-7-16-11-18/h7,9,11-12,15H,3-6,8,10H2,1-2H3,(H,17,19). The highest BCUT2D eigenvalue weighted by Crippen LogP contribution is 2.34. The second-order valence-electron chi connectivity index (χ2n) is 5.65. The molecule has 1 unspecified atom stereocenters. The van der Waals surface area contributed by atoms with Crippen LogP contribution in [0.5, 0.6) is 0 Å². The highest BCUT2D eigenvalue weighted by atomic mass is 16.2. The maximum absolute atomic E-state index is 12.4. The minimum Gasteiger partial charge on any atom is -0.356 e. The van der Waals surface area contributed by atoms with Crippen molar-refractivity contribution in [2.75, 3.05) is 19.6 Å². The van der Waals surface area contributed by atoms with Gasteiger partial charge in [-0.25, -0.2) is 4.98 Å². The summed E-state index contributed by atoms with van der Waals surface area (Å²) in [5.74, 6) is 0.578. The summed E-state index contributed by atoms with van der Waals surface area (Å²) in [4.78, 5) is 16.4. The van der Waals surface area contributed by atoms with Crippen LogP contribution in [-0.2, 0) is 11.3 Å². The van der Waals surface area contributed by atoms with Gasteiger partial charge in [-0.05, 0) is 25.3 Å². The number of nitrogens with zero attached hydrogens (tertiary/aromatic N) is 2. The Balaban J connectivity index is 1.77. The van der Waals surface area contributed by atoms with Crippen molar-refractivity contribution in [3.05, 3.63) is 18.7 Å². The van der Waals surface area contributed by atoms with Crippen LogP contribution in [0.15, 0.2) is 18.7 Å². The first-order chi connectivity index (χ1) is 9.15. The SMILES string of the molecule is CC(C)C1(C(=O)NCCCn2ccnc2)CCNC1. The Morgan fingerprint density at radius 3 is 3.00 bits per heavy atom. The van der Waals surface area contributed by atoms with E-state index in [-0.39, 0.29) is 11.3 Å². The molecule has 1 aliphatic rings. The topological polar surface area (TPSA) is 59.0 Å². The molecule has 19 heavy (non-hydrogen) atoms. The molecule has 5 heteroatoms. The Morgan fingerprint density at radius 2 is 2.42 bits per heavy atom. The van der Waals surface area contributed by atoms with Crippen molar-refractivity contribution in [2.45, 2.75) is 33.2 Å². The number of amides is 1. The molecule has 5 nitrogen and oxygen atoms in total. The average Bonchev–Trinajstić information content (AvgIpc) is 3.05. The molecular weight excluding hydrogens is 240 g/mol. The number of aryl methyl sites for hydroxylation is 1. The molecule has 2 N–H and O–H groups in total. The first-order valence-corrected chi connectivity index (χ1v) is 7.10. The number of rotatable bonds is 6. The molecule has 0 radical (unpaired) electrons. The van der Waals surface area contributed by atoms with Gasteiger partial charge in [0.25, 0.3) is 0 Å². The predicted octanol–water partition coefficient (Wildman–Crippen LogP) is 1.03. The largest absolute Gasteiger partial charge is 0.356 e. The van der Waals surface area contributed by atoms with Gasteiger partial charge in [-0.2, -0.15) is 0 Å². The Hall–Kier alpha value is -1.36. The van der Waals surface area contributed by atoms with Crippen LogP contribution in [-0.4, -0.2) is 35.1 Å². The van der Waals surface area contributed by atoms with Gasteiger partial charge in [-0.1, -0.05) is 13.8 Å². The van der Waals surface area contributed by atoms with E-state index in [1.54, 1.807) is 12.5 Å². The Bertz CT molecular complexity index is 394. The number of aromatic nitrogens is 2. The highest BCUT2D eigenvalue weighted by molar-refractivity contribution is 5.83. The minimum atomic E-state index is -0.213. The van der Waals surface area contributed by atoms with Crippen molar-refractivity contribution >= 4 is 5.91 Å². The minimum absolute atomic E-state index is 0.207. The Morgan fingerprint density at radius 1 is 1.58 bits per heavy atom. The zero-order chi connectivity index (χ0) is 13.7. The van der Waals surface area contributed by atoms with Gasteiger partial charge in [0.05, 0.1) is 11.7 Å². The summed E-state index contributed by atoms with van der Waals surface area (Å²) in [6, 6.07) is 0. The van der Waals surface area contributed by atoms with Gasteiger partial charge >= 0.3 is 0 Å². The van der Waals surface area contributed by atoms with E-state index in [4.69, 9.17) is 0 Å². The number of hydrogen-bond donors (Lipinski definition) is 2. The second-order valence-corrected chi connectivity index (χ2v) is 5.65. The highest BCUT2D eigenvalue weighted by Gasteiger charge is 2.43. The molecule has 1 fully saturated rings. The number of carbonyl (C=O) groups is 1. The molecule has 1 saturated heterocycles. The van der Waals surface area contributed by atoms with Crippen molar-refractivity contribution in [1.29, 1.82) is 0 Å². The first kappa shape index (κ1) is 14.1. The molecule has 2 rings (SSSR count). The number of carbonyl (C=O) groups excluding carboxylic acids is 1. The van der Waals surface area contributed by atoms with Gasteiger partial charge < -0.3 is 15.2 Å². The molecule has 1 aromatic rings. The van der Waals surface area contributed by atoms with E-state index in [2.05, 4.69) is 29.5 Å².